The Kier molecular flexibility index (Phi) is 4.93. The Labute approximate surface area is 140 Å². The van der Waals surface area contributed by atoms with Crippen LogP contribution in [-0.2, 0) is 14.3 Å². The number of benzene rings is 1. The summed E-state index contributed by atoms with van der Waals surface area (Å²) >= 11 is 0. The highest BCUT2D eigenvalue weighted by molar-refractivity contribution is 5.85. The predicted octanol–water partition coefficient (Wildman–Crippen LogP) is 2.65. The Morgan fingerprint density at radius 1 is 1.33 bits per heavy atom. The van der Waals surface area contributed by atoms with Gasteiger partial charge in [-0.1, -0.05) is 18.2 Å². The van der Waals surface area contributed by atoms with Crippen molar-refractivity contribution in [1.82, 2.24) is 9.88 Å². The zero-order valence-electron chi connectivity index (χ0n) is 13.6. The van der Waals surface area contributed by atoms with Crippen LogP contribution in [0.1, 0.15) is 31.6 Å². The number of carbonyl (C=O) groups excluding carboxylic acids is 2. The fourth-order valence-corrected chi connectivity index (χ4v) is 2.85. The number of fused-ring (bicyclic) bond motifs is 1. The van der Waals surface area contributed by atoms with Crippen molar-refractivity contribution in [3.05, 3.63) is 42.3 Å². The van der Waals surface area contributed by atoms with Gasteiger partial charge >= 0.3 is 5.97 Å². The van der Waals surface area contributed by atoms with Gasteiger partial charge in [0.15, 0.2) is 18.1 Å². The van der Waals surface area contributed by atoms with Gasteiger partial charge in [0.25, 0.3) is 5.91 Å². The van der Waals surface area contributed by atoms with Gasteiger partial charge in [-0.25, -0.2) is 9.78 Å². The van der Waals surface area contributed by atoms with Gasteiger partial charge in [-0.3, -0.25) is 4.79 Å². The quantitative estimate of drug-likeness (QED) is 0.637. The van der Waals surface area contributed by atoms with Gasteiger partial charge in [0.05, 0.1) is 0 Å². The number of hydrogen-bond donors (Lipinski definition) is 0. The van der Waals surface area contributed by atoms with Gasteiger partial charge < -0.3 is 14.1 Å². The summed E-state index contributed by atoms with van der Waals surface area (Å²) < 4.78 is 10.7. The number of para-hydroxylation sites is 2. The van der Waals surface area contributed by atoms with Crippen LogP contribution < -0.4 is 0 Å². The van der Waals surface area contributed by atoms with E-state index in [-0.39, 0.29) is 18.4 Å². The van der Waals surface area contributed by atoms with E-state index in [4.69, 9.17) is 9.15 Å². The monoisotopic (exact) mass is 328 g/mol. The molecule has 1 amide bonds. The third-order valence-electron chi connectivity index (χ3n) is 4.15. The van der Waals surface area contributed by atoms with Gasteiger partial charge in [0.1, 0.15) is 5.52 Å². The van der Waals surface area contributed by atoms with Crippen molar-refractivity contribution >= 4 is 23.0 Å². The minimum atomic E-state index is -0.493. The number of aromatic nitrogens is 1. The first kappa shape index (κ1) is 16.2. The van der Waals surface area contributed by atoms with E-state index in [1.807, 2.05) is 24.3 Å². The van der Waals surface area contributed by atoms with Crippen LogP contribution in [0.4, 0.5) is 0 Å². The fraction of sp³-hybridized carbons (Fsp3) is 0.389. The van der Waals surface area contributed by atoms with Crippen LogP contribution in [0.15, 0.2) is 40.8 Å². The second-order valence-electron chi connectivity index (χ2n) is 5.78. The summed E-state index contributed by atoms with van der Waals surface area (Å²) in [4.78, 5) is 29.6. The van der Waals surface area contributed by atoms with Crippen molar-refractivity contribution in [1.29, 1.82) is 0 Å². The molecule has 1 aliphatic heterocycles. The lowest BCUT2D eigenvalue weighted by Gasteiger charge is -2.30. The van der Waals surface area contributed by atoms with Crippen molar-refractivity contribution in [3.63, 3.8) is 0 Å². The number of rotatable bonds is 4. The molecule has 0 unspecified atom stereocenters. The van der Waals surface area contributed by atoms with Crippen molar-refractivity contribution in [2.75, 3.05) is 19.7 Å². The van der Waals surface area contributed by atoms with Crippen LogP contribution in [0.25, 0.3) is 11.1 Å². The molecule has 1 aromatic carbocycles. The molecule has 0 radical (unpaired) electrons. The Hall–Kier alpha value is -2.63. The highest BCUT2D eigenvalue weighted by Crippen LogP contribution is 2.29. The molecule has 0 N–H and O–H groups in total. The van der Waals surface area contributed by atoms with Gasteiger partial charge in [0.2, 0.25) is 0 Å². The van der Waals surface area contributed by atoms with Gasteiger partial charge in [-0.2, -0.15) is 0 Å². The number of amides is 1. The number of ether oxygens (including phenoxy) is 1. The molecular weight excluding hydrogens is 308 g/mol. The molecule has 1 aromatic heterocycles. The topological polar surface area (TPSA) is 72.6 Å². The summed E-state index contributed by atoms with van der Waals surface area (Å²) in [7, 11) is 0. The number of nitrogens with zero attached hydrogens (tertiary/aromatic N) is 2. The van der Waals surface area contributed by atoms with E-state index >= 15 is 0 Å². The van der Waals surface area contributed by atoms with Crippen molar-refractivity contribution in [3.8, 4) is 0 Å². The maximum absolute atomic E-state index is 12.1. The fourth-order valence-electron chi connectivity index (χ4n) is 2.85. The highest BCUT2D eigenvalue weighted by Gasteiger charge is 2.27. The van der Waals surface area contributed by atoms with E-state index in [0.717, 1.165) is 29.8 Å². The number of allylic oxidation sites excluding steroid dienone is 1. The smallest absolute Gasteiger partial charge is 0.330 e. The summed E-state index contributed by atoms with van der Waals surface area (Å²) in [5.74, 6) is 0.297. The number of esters is 1. The average Bonchev–Trinajstić information content (AvgIpc) is 3.04. The van der Waals surface area contributed by atoms with Crippen molar-refractivity contribution < 1.29 is 18.7 Å². The summed E-state index contributed by atoms with van der Waals surface area (Å²) in [6, 6.07) is 7.70. The first-order chi connectivity index (χ1) is 11.7. The molecule has 24 heavy (non-hydrogen) atoms. The Morgan fingerprint density at radius 2 is 2.08 bits per heavy atom. The number of oxazole rings is 1. The predicted molar refractivity (Wildman–Crippen MR) is 88.3 cm³/mol. The summed E-state index contributed by atoms with van der Waals surface area (Å²) in [6.45, 7) is 2.74. The molecule has 2 aromatic rings. The van der Waals surface area contributed by atoms with Gasteiger partial charge in [-0.05, 0) is 31.9 Å². The normalized spacial score (nSPS) is 16.0. The molecule has 0 aliphatic carbocycles. The van der Waals surface area contributed by atoms with E-state index in [1.54, 1.807) is 17.9 Å². The molecule has 1 fully saturated rings. The SMILES string of the molecule is CC=CC(=O)OCC(=O)N1CCC(c2nc3ccccc3o2)CC1. The van der Waals surface area contributed by atoms with Crippen LogP contribution >= 0.6 is 0 Å². The second-order valence-corrected chi connectivity index (χ2v) is 5.78. The largest absolute Gasteiger partial charge is 0.452 e. The number of piperidine rings is 1. The zero-order valence-corrected chi connectivity index (χ0v) is 13.6. The summed E-state index contributed by atoms with van der Waals surface area (Å²) in [5.41, 5.74) is 1.66. The first-order valence-corrected chi connectivity index (χ1v) is 8.10. The first-order valence-electron chi connectivity index (χ1n) is 8.10. The Morgan fingerprint density at radius 3 is 2.79 bits per heavy atom. The molecule has 1 saturated heterocycles. The van der Waals surface area contributed by atoms with Crippen molar-refractivity contribution in [2.24, 2.45) is 0 Å². The number of hydrogen-bond acceptors (Lipinski definition) is 5. The molecule has 3 rings (SSSR count). The molecular formula is C18H20N2O4. The molecule has 2 heterocycles. The van der Waals surface area contributed by atoms with Crippen LogP contribution in [0.5, 0.6) is 0 Å². The lowest BCUT2D eigenvalue weighted by Crippen LogP contribution is -2.40. The van der Waals surface area contributed by atoms with Crippen LogP contribution in [-0.4, -0.2) is 41.5 Å². The molecule has 0 atom stereocenters. The lowest BCUT2D eigenvalue weighted by atomic mass is 9.97. The molecule has 6 nitrogen and oxygen atoms in total. The average molecular weight is 328 g/mol. The van der Waals surface area contributed by atoms with Crippen LogP contribution in [0.3, 0.4) is 0 Å². The summed E-state index contributed by atoms with van der Waals surface area (Å²) in [6.07, 6.45) is 4.47. The van der Waals surface area contributed by atoms with Crippen molar-refractivity contribution in [2.45, 2.75) is 25.7 Å². The molecule has 0 bridgehead atoms. The van der Waals surface area contributed by atoms with Gasteiger partial charge in [-0.15, -0.1) is 0 Å². The maximum Gasteiger partial charge on any atom is 0.330 e. The van der Waals surface area contributed by atoms with E-state index in [9.17, 15) is 9.59 Å². The van der Waals surface area contributed by atoms with Crippen LogP contribution in [0, 0.1) is 0 Å². The molecule has 0 spiro atoms. The Bertz CT molecular complexity index is 724. The van der Waals surface area contributed by atoms with E-state index in [0.29, 0.717) is 13.1 Å². The highest BCUT2D eigenvalue weighted by atomic mass is 16.5. The molecule has 126 valence electrons. The van der Waals surface area contributed by atoms with E-state index < -0.39 is 5.97 Å². The molecule has 1 aliphatic rings. The zero-order chi connectivity index (χ0) is 16.9. The lowest BCUT2D eigenvalue weighted by molar-refractivity contribution is -0.148. The van der Waals surface area contributed by atoms with E-state index in [1.165, 1.54) is 6.08 Å². The van der Waals surface area contributed by atoms with E-state index in [2.05, 4.69) is 4.98 Å². The molecule has 0 saturated carbocycles. The number of likely N-dealkylation sites (tertiary alicyclic amines) is 1. The second kappa shape index (κ2) is 7.29. The third kappa shape index (κ3) is 3.64. The van der Waals surface area contributed by atoms with Gasteiger partial charge in [0, 0.05) is 25.1 Å². The summed E-state index contributed by atoms with van der Waals surface area (Å²) in [5, 5.41) is 0. The minimum absolute atomic E-state index is 0.163. The Balaban J connectivity index is 1.53. The molecule has 6 heteroatoms. The van der Waals surface area contributed by atoms with Crippen LogP contribution in [0.2, 0.25) is 0 Å². The number of carbonyl (C=O) groups is 2. The third-order valence-corrected chi connectivity index (χ3v) is 4.15. The maximum atomic E-state index is 12.1. The minimum Gasteiger partial charge on any atom is -0.452 e. The standard InChI is InChI=1S/C18H20N2O4/c1-2-5-17(22)23-12-16(21)20-10-8-13(9-11-20)18-19-14-6-3-4-7-15(14)24-18/h2-7,13H,8-12H2,1H3.